The fraction of sp³-hybridized carbons (Fsp3) is 0.231. The zero-order chi connectivity index (χ0) is 13.4. The van der Waals surface area contributed by atoms with Crippen molar-refractivity contribution < 1.29 is 8.91 Å². The van der Waals surface area contributed by atoms with E-state index >= 15 is 0 Å². The second kappa shape index (κ2) is 4.66. The minimum absolute atomic E-state index is 0.324. The van der Waals surface area contributed by atoms with Crippen LogP contribution in [0.1, 0.15) is 23.9 Å². The zero-order valence-electron chi connectivity index (χ0n) is 10.2. The normalized spacial score (nSPS) is 13.0. The molecule has 0 aliphatic rings. The number of para-hydroxylation sites is 1. The number of fused-ring (bicyclic) bond motifs is 1. The summed E-state index contributed by atoms with van der Waals surface area (Å²) in [6.45, 7) is 2.23. The lowest BCUT2D eigenvalue weighted by Crippen LogP contribution is -2.05. The molecule has 1 unspecified atom stereocenters. The van der Waals surface area contributed by atoms with Gasteiger partial charge in [-0.1, -0.05) is 11.2 Å². The summed E-state index contributed by atoms with van der Waals surface area (Å²) in [6.07, 6.45) is 1.57. The van der Waals surface area contributed by atoms with Crippen LogP contribution < -0.4 is 0 Å². The molecule has 0 aliphatic heterocycles. The van der Waals surface area contributed by atoms with Crippen molar-refractivity contribution in [3.8, 4) is 0 Å². The first-order valence-corrected chi connectivity index (χ1v) is 6.28. The predicted molar refractivity (Wildman–Crippen MR) is 69.6 cm³/mol. The summed E-state index contributed by atoms with van der Waals surface area (Å²) in [5.41, 5.74) is 1.02. The van der Waals surface area contributed by atoms with Gasteiger partial charge in [0, 0.05) is 6.07 Å². The fourth-order valence-corrected chi connectivity index (χ4v) is 2.25. The summed E-state index contributed by atoms with van der Waals surface area (Å²) in [7, 11) is 0. The molecule has 0 fully saturated rings. The molecule has 0 saturated carbocycles. The number of rotatable bonds is 3. The summed E-state index contributed by atoms with van der Waals surface area (Å²) < 4.78 is 20.7. The molecule has 98 valence electrons. The van der Waals surface area contributed by atoms with Crippen LogP contribution in [-0.2, 0) is 6.54 Å². The predicted octanol–water partition coefficient (Wildman–Crippen LogP) is 3.51. The zero-order valence-corrected chi connectivity index (χ0v) is 10.9. The van der Waals surface area contributed by atoms with E-state index in [-0.39, 0.29) is 11.2 Å². The standard InChI is InChI=1S/C13H11ClFN3O/c1-8(14)13-17-12-10(15)3-2-4-11(12)18(13)7-9-5-6-16-19-9/h2-6,8H,7H2,1H3. The van der Waals surface area contributed by atoms with E-state index in [2.05, 4.69) is 10.1 Å². The van der Waals surface area contributed by atoms with Crippen LogP contribution in [0.25, 0.3) is 11.0 Å². The number of aromatic nitrogens is 3. The number of nitrogens with zero attached hydrogens (tertiary/aromatic N) is 3. The SMILES string of the molecule is CC(Cl)c1nc2c(F)cccc2n1Cc1ccno1. The van der Waals surface area contributed by atoms with Crippen LogP contribution in [0.4, 0.5) is 4.39 Å². The van der Waals surface area contributed by atoms with Gasteiger partial charge in [0.2, 0.25) is 0 Å². The van der Waals surface area contributed by atoms with Crippen molar-refractivity contribution >= 4 is 22.6 Å². The highest BCUT2D eigenvalue weighted by Crippen LogP contribution is 2.26. The highest BCUT2D eigenvalue weighted by atomic mass is 35.5. The van der Waals surface area contributed by atoms with Crippen molar-refractivity contribution in [2.75, 3.05) is 0 Å². The maximum absolute atomic E-state index is 13.8. The molecule has 0 bridgehead atoms. The number of alkyl halides is 1. The first-order valence-electron chi connectivity index (χ1n) is 5.85. The Labute approximate surface area is 113 Å². The Morgan fingerprint density at radius 1 is 1.42 bits per heavy atom. The van der Waals surface area contributed by atoms with Crippen molar-refractivity contribution in [2.24, 2.45) is 0 Å². The highest BCUT2D eigenvalue weighted by molar-refractivity contribution is 6.20. The molecule has 1 aromatic carbocycles. The molecule has 0 aliphatic carbocycles. The van der Waals surface area contributed by atoms with Crippen molar-refractivity contribution in [1.82, 2.24) is 14.7 Å². The molecule has 0 spiro atoms. The van der Waals surface area contributed by atoms with Gasteiger partial charge >= 0.3 is 0 Å². The van der Waals surface area contributed by atoms with E-state index in [0.29, 0.717) is 29.2 Å². The molecule has 2 heterocycles. The third kappa shape index (κ3) is 2.10. The summed E-state index contributed by atoms with van der Waals surface area (Å²) >= 11 is 6.12. The van der Waals surface area contributed by atoms with Crippen molar-refractivity contribution in [3.63, 3.8) is 0 Å². The molecular weight excluding hydrogens is 269 g/mol. The van der Waals surface area contributed by atoms with E-state index in [9.17, 15) is 4.39 Å². The van der Waals surface area contributed by atoms with Gasteiger partial charge in [0.05, 0.1) is 23.6 Å². The quantitative estimate of drug-likeness (QED) is 0.689. The van der Waals surface area contributed by atoms with Crippen LogP contribution in [0.3, 0.4) is 0 Å². The first kappa shape index (κ1) is 12.2. The summed E-state index contributed by atoms with van der Waals surface area (Å²) in [6, 6.07) is 6.61. The van der Waals surface area contributed by atoms with Gasteiger partial charge in [-0.15, -0.1) is 11.6 Å². The molecule has 4 nitrogen and oxygen atoms in total. The minimum atomic E-state index is -0.354. The molecule has 0 saturated heterocycles. The molecule has 6 heteroatoms. The molecule has 3 rings (SSSR count). The lowest BCUT2D eigenvalue weighted by molar-refractivity contribution is 0.376. The Morgan fingerprint density at radius 3 is 2.95 bits per heavy atom. The van der Waals surface area contributed by atoms with Crippen LogP contribution >= 0.6 is 11.6 Å². The van der Waals surface area contributed by atoms with E-state index in [4.69, 9.17) is 16.1 Å². The smallest absolute Gasteiger partial charge is 0.156 e. The van der Waals surface area contributed by atoms with Gasteiger partial charge in [0.15, 0.2) is 11.6 Å². The van der Waals surface area contributed by atoms with Gasteiger partial charge in [-0.2, -0.15) is 0 Å². The van der Waals surface area contributed by atoms with Gasteiger partial charge in [-0.25, -0.2) is 9.37 Å². The van der Waals surface area contributed by atoms with Gasteiger partial charge < -0.3 is 9.09 Å². The maximum atomic E-state index is 13.8. The second-order valence-electron chi connectivity index (χ2n) is 4.26. The van der Waals surface area contributed by atoms with Crippen molar-refractivity contribution in [2.45, 2.75) is 18.8 Å². The Balaban J connectivity index is 2.19. The molecule has 19 heavy (non-hydrogen) atoms. The Bertz CT molecular complexity index is 706. The first-order chi connectivity index (χ1) is 9.16. The lowest BCUT2D eigenvalue weighted by Gasteiger charge is -2.08. The Morgan fingerprint density at radius 2 is 2.26 bits per heavy atom. The second-order valence-corrected chi connectivity index (χ2v) is 4.91. The highest BCUT2D eigenvalue weighted by Gasteiger charge is 2.18. The van der Waals surface area contributed by atoms with E-state index in [1.165, 1.54) is 6.07 Å². The summed E-state index contributed by atoms with van der Waals surface area (Å²) in [5.74, 6) is 0.924. The van der Waals surface area contributed by atoms with Gasteiger partial charge in [0.25, 0.3) is 0 Å². The van der Waals surface area contributed by atoms with Gasteiger partial charge in [-0.05, 0) is 19.1 Å². The third-order valence-electron chi connectivity index (χ3n) is 2.92. The molecule has 0 amide bonds. The summed E-state index contributed by atoms with van der Waals surface area (Å²) in [5, 5.41) is 3.33. The maximum Gasteiger partial charge on any atom is 0.156 e. The van der Waals surface area contributed by atoms with Crippen LogP contribution in [-0.4, -0.2) is 14.7 Å². The average molecular weight is 280 g/mol. The minimum Gasteiger partial charge on any atom is -0.359 e. The van der Waals surface area contributed by atoms with Crippen LogP contribution in [0, 0.1) is 5.82 Å². The van der Waals surface area contributed by atoms with Crippen molar-refractivity contribution in [3.05, 3.63) is 47.9 Å². The molecule has 2 aromatic heterocycles. The largest absolute Gasteiger partial charge is 0.359 e. The molecule has 3 aromatic rings. The fourth-order valence-electron chi connectivity index (χ4n) is 2.08. The number of benzene rings is 1. The molecule has 0 N–H and O–H groups in total. The Hall–Kier alpha value is -1.88. The van der Waals surface area contributed by atoms with Gasteiger partial charge in [0.1, 0.15) is 11.3 Å². The van der Waals surface area contributed by atoms with E-state index < -0.39 is 0 Å². The average Bonchev–Trinajstić information content (AvgIpc) is 2.99. The number of imidazole rings is 1. The molecule has 1 atom stereocenters. The topological polar surface area (TPSA) is 43.9 Å². The lowest BCUT2D eigenvalue weighted by atomic mass is 10.3. The third-order valence-corrected chi connectivity index (χ3v) is 3.12. The van der Waals surface area contributed by atoms with E-state index in [1.807, 2.05) is 10.6 Å². The van der Waals surface area contributed by atoms with Gasteiger partial charge in [-0.3, -0.25) is 0 Å². The number of hydrogen-bond donors (Lipinski definition) is 0. The van der Waals surface area contributed by atoms with Crippen LogP contribution in [0.2, 0.25) is 0 Å². The molecular formula is C13H11ClFN3O. The Kier molecular flexibility index (Phi) is 2.98. The van der Waals surface area contributed by atoms with E-state index in [1.54, 1.807) is 25.3 Å². The summed E-state index contributed by atoms with van der Waals surface area (Å²) in [4.78, 5) is 4.29. The monoisotopic (exact) mass is 279 g/mol. The van der Waals surface area contributed by atoms with Crippen LogP contribution in [0.5, 0.6) is 0 Å². The molecule has 0 radical (unpaired) electrons. The number of halogens is 2. The number of hydrogen-bond acceptors (Lipinski definition) is 3. The van der Waals surface area contributed by atoms with E-state index in [0.717, 1.165) is 0 Å². The van der Waals surface area contributed by atoms with Crippen LogP contribution in [0.15, 0.2) is 35.0 Å². The van der Waals surface area contributed by atoms with Crippen molar-refractivity contribution in [1.29, 1.82) is 0 Å².